The maximum Gasteiger partial charge on any atom is 0.573 e. The monoisotopic (exact) mass is 296 g/mol. The van der Waals surface area contributed by atoms with E-state index in [0.29, 0.717) is 12.1 Å². The number of nitrogens with one attached hydrogen (secondary N) is 1. The minimum Gasteiger partial charge on any atom is -0.406 e. The van der Waals surface area contributed by atoms with Gasteiger partial charge < -0.3 is 10.1 Å². The van der Waals surface area contributed by atoms with Crippen LogP contribution in [0.4, 0.5) is 13.2 Å². The molecule has 21 heavy (non-hydrogen) atoms. The van der Waals surface area contributed by atoms with E-state index in [1.54, 1.807) is 12.3 Å². The number of benzene rings is 1. The smallest absolute Gasteiger partial charge is 0.406 e. The highest BCUT2D eigenvalue weighted by Crippen LogP contribution is 2.23. The van der Waals surface area contributed by atoms with E-state index in [0.717, 1.165) is 5.69 Å². The molecule has 1 N–H and O–H groups in total. The molecule has 3 nitrogen and oxygen atoms in total. The lowest BCUT2D eigenvalue weighted by atomic mass is 10.1. The Bertz CT molecular complexity index is 573. The standard InChI is InChI=1S/C15H15F3N2O/c1-11(14-7-2-3-8-19-14)20-10-12-5-4-6-13(9-12)21-15(16,17)18/h2-9,11,20H,10H2,1H3. The first-order chi connectivity index (χ1) is 9.94. The Morgan fingerprint density at radius 2 is 2.00 bits per heavy atom. The molecule has 2 rings (SSSR count). The van der Waals surface area contributed by atoms with Crippen molar-refractivity contribution in [2.45, 2.75) is 25.9 Å². The van der Waals surface area contributed by atoms with Gasteiger partial charge in [0.25, 0.3) is 0 Å². The molecule has 2 aromatic rings. The van der Waals surface area contributed by atoms with E-state index in [1.165, 1.54) is 18.2 Å². The average molecular weight is 296 g/mol. The predicted molar refractivity (Wildman–Crippen MR) is 72.6 cm³/mol. The lowest BCUT2D eigenvalue weighted by Crippen LogP contribution is -2.19. The van der Waals surface area contributed by atoms with Crippen LogP contribution in [0, 0.1) is 0 Å². The highest BCUT2D eigenvalue weighted by molar-refractivity contribution is 5.28. The summed E-state index contributed by atoms with van der Waals surface area (Å²) in [5, 5.41) is 3.21. The van der Waals surface area contributed by atoms with Crippen LogP contribution in [0.25, 0.3) is 0 Å². The lowest BCUT2D eigenvalue weighted by molar-refractivity contribution is -0.274. The molecule has 1 heterocycles. The van der Waals surface area contributed by atoms with Crippen LogP contribution in [0.5, 0.6) is 5.75 Å². The first-order valence-electron chi connectivity index (χ1n) is 6.43. The molecule has 0 aliphatic rings. The van der Waals surface area contributed by atoms with Gasteiger partial charge in [-0.2, -0.15) is 0 Å². The second kappa shape index (κ2) is 6.58. The van der Waals surface area contributed by atoms with Crippen molar-refractivity contribution in [1.82, 2.24) is 10.3 Å². The Kier molecular flexibility index (Phi) is 4.80. The Morgan fingerprint density at radius 3 is 2.67 bits per heavy atom. The molecule has 0 aliphatic carbocycles. The van der Waals surface area contributed by atoms with E-state index in [9.17, 15) is 13.2 Å². The summed E-state index contributed by atoms with van der Waals surface area (Å²) in [6, 6.07) is 11.5. The van der Waals surface area contributed by atoms with Crippen LogP contribution < -0.4 is 10.1 Å². The van der Waals surface area contributed by atoms with Crippen molar-refractivity contribution in [3.8, 4) is 5.75 Å². The maximum atomic E-state index is 12.2. The number of rotatable bonds is 5. The summed E-state index contributed by atoms with van der Waals surface area (Å²) in [5.74, 6) is -0.215. The SMILES string of the molecule is CC(NCc1cccc(OC(F)(F)F)c1)c1ccccn1. The largest absolute Gasteiger partial charge is 0.573 e. The van der Waals surface area contributed by atoms with E-state index in [4.69, 9.17) is 0 Å². The van der Waals surface area contributed by atoms with Gasteiger partial charge in [0.15, 0.2) is 0 Å². The molecule has 0 radical (unpaired) electrons. The van der Waals surface area contributed by atoms with Crippen LogP contribution in [-0.4, -0.2) is 11.3 Å². The van der Waals surface area contributed by atoms with Crippen molar-refractivity contribution < 1.29 is 17.9 Å². The minimum atomic E-state index is -4.67. The van der Waals surface area contributed by atoms with E-state index >= 15 is 0 Å². The van der Waals surface area contributed by atoms with E-state index < -0.39 is 6.36 Å². The number of aromatic nitrogens is 1. The van der Waals surface area contributed by atoms with Crippen LogP contribution in [0.2, 0.25) is 0 Å². The van der Waals surface area contributed by atoms with Crippen molar-refractivity contribution in [1.29, 1.82) is 0 Å². The summed E-state index contributed by atoms with van der Waals surface area (Å²) in [5.41, 5.74) is 1.58. The van der Waals surface area contributed by atoms with Gasteiger partial charge >= 0.3 is 6.36 Å². The minimum absolute atomic E-state index is 0.00149. The fourth-order valence-corrected chi connectivity index (χ4v) is 1.86. The number of hydrogen-bond donors (Lipinski definition) is 1. The topological polar surface area (TPSA) is 34.1 Å². The van der Waals surface area contributed by atoms with Gasteiger partial charge in [0.2, 0.25) is 0 Å². The van der Waals surface area contributed by atoms with Gasteiger partial charge in [0, 0.05) is 18.8 Å². The third kappa shape index (κ3) is 5.07. The number of alkyl halides is 3. The van der Waals surface area contributed by atoms with Gasteiger partial charge in [-0.05, 0) is 36.8 Å². The summed E-state index contributed by atoms with van der Waals surface area (Å²) in [4.78, 5) is 4.22. The predicted octanol–water partition coefficient (Wildman–Crippen LogP) is 3.83. The third-order valence-electron chi connectivity index (χ3n) is 2.88. The Hall–Kier alpha value is -2.08. The zero-order valence-corrected chi connectivity index (χ0v) is 11.4. The van der Waals surface area contributed by atoms with Crippen molar-refractivity contribution in [2.75, 3.05) is 0 Å². The van der Waals surface area contributed by atoms with E-state index in [2.05, 4.69) is 15.0 Å². The Morgan fingerprint density at radius 1 is 1.19 bits per heavy atom. The van der Waals surface area contributed by atoms with Gasteiger partial charge in [-0.15, -0.1) is 13.2 Å². The van der Waals surface area contributed by atoms with E-state index in [-0.39, 0.29) is 11.8 Å². The van der Waals surface area contributed by atoms with Crippen LogP contribution in [-0.2, 0) is 6.54 Å². The molecule has 0 fully saturated rings. The summed E-state index contributed by atoms with van der Waals surface area (Å²) >= 11 is 0. The fraction of sp³-hybridized carbons (Fsp3) is 0.267. The zero-order valence-electron chi connectivity index (χ0n) is 11.4. The maximum absolute atomic E-state index is 12.2. The van der Waals surface area contributed by atoms with Gasteiger partial charge in [-0.3, -0.25) is 4.98 Å². The third-order valence-corrected chi connectivity index (χ3v) is 2.88. The lowest BCUT2D eigenvalue weighted by Gasteiger charge is -2.14. The Balaban J connectivity index is 1.96. The van der Waals surface area contributed by atoms with Crippen molar-refractivity contribution in [3.63, 3.8) is 0 Å². The van der Waals surface area contributed by atoms with Gasteiger partial charge in [0.1, 0.15) is 5.75 Å². The highest BCUT2D eigenvalue weighted by Gasteiger charge is 2.31. The number of ether oxygens (including phenoxy) is 1. The fourth-order valence-electron chi connectivity index (χ4n) is 1.86. The summed E-state index contributed by atoms with van der Waals surface area (Å²) in [6.45, 7) is 2.37. The first kappa shape index (κ1) is 15.3. The number of nitrogens with zero attached hydrogens (tertiary/aromatic N) is 1. The van der Waals surface area contributed by atoms with Crippen molar-refractivity contribution in [3.05, 3.63) is 59.9 Å². The summed E-state index contributed by atoms with van der Waals surface area (Å²) in [6.07, 6.45) is -2.97. The molecule has 112 valence electrons. The molecule has 0 saturated heterocycles. The highest BCUT2D eigenvalue weighted by atomic mass is 19.4. The van der Waals surface area contributed by atoms with Crippen LogP contribution in [0.15, 0.2) is 48.7 Å². The quantitative estimate of drug-likeness (QED) is 0.910. The molecular weight excluding hydrogens is 281 g/mol. The molecule has 0 spiro atoms. The molecule has 0 saturated carbocycles. The summed E-state index contributed by atoms with van der Waals surface area (Å²) < 4.78 is 40.4. The normalized spacial score (nSPS) is 13.0. The van der Waals surface area contributed by atoms with Gasteiger partial charge in [0.05, 0.1) is 5.69 Å². The molecule has 6 heteroatoms. The van der Waals surface area contributed by atoms with Gasteiger partial charge in [-0.1, -0.05) is 18.2 Å². The number of pyridine rings is 1. The molecule has 1 unspecified atom stereocenters. The van der Waals surface area contributed by atoms with Crippen LogP contribution >= 0.6 is 0 Å². The van der Waals surface area contributed by atoms with Crippen LogP contribution in [0.1, 0.15) is 24.2 Å². The van der Waals surface area contributed by atoms with E-state index in [1.807, 2.05) is 25.1 Å². The second-order valence-electron chi connectivity index (χ2n) is 4.55. The Labute approximate surface area is 120 Å². The molecule has 0 bridgehead atoms. The van der Waals surface area contributed by atoms with Crippen LogP contribution in [0.3, 0.4) is 0 Å². The number of hydrogen-bond acceptors (Lipinski definition) is 3. The zero-order chi connectivity index (χ0) is 15.3. The van der Waals surface area contributed by atoms with Gasteiger partial charge in [-0.25, -0.2) is 0 Å². The molecule has 0 amide bonds. The molecule has 1 aromatic carbocycles. The average Bonchev–Trinajstić information content (AvgIpc) is 2.44. The second-order valence-corrected chi connectivity index (χ2v) is 4.55. The summed E-state index contributed by atoms with van der Waals surface area (Å²) in [7, 11) is 0. The molecular formula is C15H15F3N2O. The van der Waals surface area contributed by atoms with Crippen molar-refractivity contribution in [2.24, 2.45) is 0 Å². The first-order valence-corrected chi connectivity index (χ1v) is 6.43. The molecule has 1 aromatic heterocycles. The molecule has 1 atom stereocenters. The van der Waals surface area contributed by atoms with Crippen molar-refractivity contribution >= 4 is 0 Å². The number of halogens is 3. The molecule has 0 aliphatic heterocycles.